The molecule has 0 bridgehead atoms. The van der Waals surface area contributed by atoms with Gasteiger partial charge < -0.3 is 20.7 Å². The number of nitrogens with two attached hydrogens (primary N) is 1. The van der Waals surface area contributed by atoms with Crippen molar-refractivity contribution < 1.29 is 14.9 Å². The van der Waals surface area contributed by atoms with E-state index in [0.29, 0.717) is 5.56 Å². The fourth-order valence-electron chi connectivity index (χ4n) is 1.44. The Labute approximate surface area is 89.3 Å². The van der Waals surface area contributed by atoms with Gasteiger partial charge in [-0.15, -0.1) is 0 Å². The second-order valence-electron chi connectivity index (χ2n) is 3.47. The summed E-state index contributed by atoms with van der Waals surface area (Å²) in [5, 5.41) is 19.2. The highest BCUT2D eigenvalue weighted by Crippen LogP contribution is 2.24. The number of aryl methyl sites for hydroxylation is 1. The molecule has 0 spiro atoms. The second kappa shape index (κ2) is 5.11. The molecule has 0 heterocycles. The number of hydrogen-bond acceptors (Lipinski definition) is 4. The lowest BCUT2D eigenvalue weighted by Gasteiger charge is -2.18. The zero-order valence-corrected chi connectivity index (χ0v) is 8.97. The minimum atomic E-state index is -0.944. The van der Waals surface area contributed by atoms with E-state index in [2.05, 4.69) is 0 Å². The Morgan fingerprint density at radius 1 is 1.40 bits per heavy atom. The zero-order valence-electron chi connectivity index (χ0n) is 8.97. The van der Waals surface area contributed by atoms with Crippen molar-refractivity contribution in [1.82, 2.24) is 0 Å². The van der Waals surface area contributed by atoms with Crippen LogP contribution in [0.2, 0.25) is 0 Å². The maximum atomic E-state index is 9.76. The van der Waals surface area contributed by atoms with Crippen LogP contribution < -0.4 is 10.5 Å². The third kappa shape index (κ3) is 2.68. The summed E-state index contributed by atoms with van der Waals surface area (Å²) >= 11 is 0. The smallest absolute Gasteiger partial charge is 0.119 e. The first-order valence-corrected chi connectivity index (χ1v) is 4.81. The molecule has 4 N–H and O–H groups in total. The lowest BCUT2D eigenvalue weighted by atomic mass is 9.99. The second-order valence-corrected chi connectivity index (χ2v) is 3.47. The minimum absolute atomic E-state index is 0.0344. The number of methoxy groups -OCH3 is 1. The lowest BCUT2D eigenvalue weighted by Crippen LogP contribution is -2.27. The first kappa shape index (κ1) is 12.0. The molecule has 0 fully saturated rings. The van der Waals surface area contributed by atoms with E-state index in [1.54, 1.807) is 19.2 Å². The van der Waals surface area contributed by atoms with Gasteiger partial charge in [-0.1, -0.05) is 6.07 Å². The fraction of sp³-hybridized carbons (Fsp3) is 0.455. The van der Waals surface area contributed by atoms with Crippen molar-refractivity contribution in [1.29, 1.82) is 0 Å². The molecule has 1 aromatic rings. The van der Waals surface area contributed by atoms with E-state index in [1.807, 2.05) is 13.0 Å². The quantitative estimate of drug-likeness (QED) is 0.672. The summed E-state index contributed by atoms with van der Waals surface area (Å²) in [7, 11) is 1.58. The molecule has 2 atom stereocenters. The van der Waals surface area contributed by atoms with Gasteiger partial charge in [0.1, 0.15) is 11.9 Å². The summed E-state index contributed by atoms with van der Waals surface area (Å²) in [5.41, 5.74) is 6.83. The van der Waals surface area contributed by atoms with Crippen LogP contribution in [0.1, 0.15) is 17.2 Å². The molecule has 0 saturated heterocycles. The normalized spacial score (nSPS) is 14.7. The predicted molar refractivity (Wildman–Crippen MR) is 57.8 cm³/mol. The van der Waals surface area contributed by atoms with Gasteiger partial charge in [0.25, 0.3) is 0 Å². The van der Waals surface area contributed by atoms with Gasteiger partial charge in [-0.2, -0.15) is 0 Å². The Morgan fingerprint density at radius 2 is 2.07 bits per heavy atom. The standard InChI is InChI=1S/C11H17NO3/c1-7-5-8(15-2)3-4-9(7)11(14)10(13)6-12/h3-5,10-11,13-14H,6,12H2,1-2H3. The molecular weight excluding hydrogens is 194 g/mol. The molecule has 15 heavy (non-hydrogen) atoms. The molecule has 0 aromatic heterocycles. The predicted octanol–water partition coefficient (Wildman–Crippen LogP) is 0.357. The van der Waals surface area contributed by atoms with Crippen molar-refractivity contribution in [3.8, 4) is 5.75 Å². The van der Waals surface area contributed by atoms with Gasteiger partial charge >= 0.3 is 0 Å². The molecule has 1 aromatic carbocycles. The molecule has 0 aliphatic rings. The van der Waals surface area contributed by atoms with Crippen molar-refractivity contribution in [3.05, 3.63) is 29.3 Å². The van der Waals surface area contributed by atoms with Crippen molar-refractivity contribution in [2.75, 3.05) is 13.7 Å². The van der Waals surface area contributed by atoms with E-state index >= 15 is 0 Å². The highest BCUT2D eigenvalue weighted by atomic mass is 16.5. The summed E-state index contributed by atoms with van der Waals surface area (Å²) in [6.45, 7) is 1.89. The summed E-state index contributed by atoms with van der Waals surface area (Å²) < 4.78 is 5.05. The van der Waals surface area contributed by atoms with Crippen LogP contribution in [0.25, 0.3) is 0 Å². The molecule has 0 aliphatic carbocycles. The summed E-state index contributed by atoms with van der Waals surface area (Å²) in [5.74, 6) is 0.727. The maximum Gasteiger partial charge on any atom is 0.119 e. The van der Waals surface area contributed by atoms with Gasteiger partial charge in [0.2, 0.25) is 0 Å². The Morgan fingerprint density at radius 3 is 2.53 bits per heavy atom. The molecule has 2 unspecified atom stereocenters. The third-order valence-corrected chi connectivity index (χ3v) is 2.40. The number of aliphatic hydroxyl groups excluding tert-OH is 2. The largest absolute Gasteiger partial charge is 0.497 e. The number of benzene rings is 1. The molecular formula is C11H17NO3. The molecule has 0 aliphatic heterocycles. The van der Waals surface area contributed by atoms with Gasteiger partial charge in [0, 0.05) is 6.54 Å². The Balaban J connectivity index is 2.95. The average molecular weight is 211 g/mol. The Hall–Kier alpha value is -1.10. The van der Waals surface area contributed by atoms with Gasteiger partial charge in [-0.3, -0.25) is 0 Å². The Kier molecular flexibility index (Phi) is 4.08. The highest BCUT2D eigenvalue weighted by Gasteiger charge is 2.18. The first-order valence-electron chi connectivity index (χ1n) is 4.81. The van der Waals surface area contributed by atoms with E-state index in [1.165, 1.54) is 0 Å². The number of ether oxygens (including phenoxy) is 1. The monoisotopic (exact) mass is 211 g/mol. The van der Waals surface area contributed by atoms with Crippen molar-refractivity contribution in [3.63, 3.8) is 0 Å². The van der Waals surface area contributed by atoms with E-state index in [4.69, 9.17) is 10.5 Å². The first-order chi connectivity index (χ1) is 7.10. The van der Waals surface area contributed by atoms with Gasteiger partial charge in [0.05, 0.1) is 13.2 Å². The molecule has 0 amide bonds. The minimum Gasteiger partial charge on any atom is -0.497 e. The summed E-state index contributed by atoms with van der Waals surface area (Å²) in [6.07, 6.45) is -1.88. The van der Waals surface area contributed by atoms with Crippen LogP contribution in [-0.4, -0.2) is 30.0 Å². The van der Waals surface area contributed by atoms with Crippen LogP contribution >= 0.6 is 0 Å². The molecule has 84 valence electrons. The third-order valence-electron chi connectivity index (χ3n) is 2.40. The summed E-state index contributed by atoms with van der Waals surface area (Å²) in [4.78, 5) is 0. The molecule has 4 nitrogen and oxygen atoms in total. The molecule has 1 rings (SSSR count). The molecule has 4 heteroatoms. The highest BCUT2D eigenvalue weighted by molar-refractivity contribution is 5.36. The van der Waals surface area contributed by atoms with Crippen LogP contribution in [-0.2, 0) is 0 Å². The van der Waals surface area contributed by atoms with Crippen LogP contribution in [0.3, 0.4) is 0 Å². The SMILES string of the molecule is COc1ccc(C(O)C(O)CN)c(C)c1. The van der Waals surface area contributed by atoms with Crippen LogP contribution in [0.15, 0.2) is 18.2 Å². The zero-order chi connectivity index (χ0) is 11.4. The molecule has 0 saturated carbocycles. The van der Waals surface area contributed by atoms with Crippen molar-refractivity contribution in [2.24, 2.45) is 5.73 Å². The van der Waals surface area contributed by atoms with E-state index in [-0.39, 0.29) is 6.54 Å². The van der Waals surface area contributed by atoms with Crippen LogP contribution in [0.5, 0.6) is 5.75 Å². The van der Waals surface area contributed by atoms with Gasteiger partial charge in [0.15, 0.2) is 0 Å². The number of hydrogen-bond donors (Lipinski definition) is 3. The number of aliphatic hydroxyl groups is 2. The van der Waals surface area contributed by atoms with E-state index < -0.39 is 12.2 Å². The van der Waals surface area contributed by atoms with E-state index in [9.17, 15) is 10.2 Å². The number of rotatable bonds is 4. The fourth-order valence-corrected chi connectivity index (χ4v) is 1.44. The Bertz CT molecular complexity index is 328. The van der Waals surface area contributed by atoms with Gasteiger partial charge in [-0.25, -0.2) is 0 Å². The summed E-state index contributed by atoms with van der Waals surface area (Å²) in [6, 6.07) is 5.29. The van der Waals surface area contributed by atoms with Crippen molar-refractivity contribution >= 4 is 0 Å². The van der Waals surface area contributed by atoms with Gasteiger partial charge in [-0.05, 0) is 30.2 Å². The van der Waals surface area contributed by atoms with Crippen LogP contribution in [0.4, 0.5) is 0 Å². The van der Waals surface area contributed by atoms with Crippen LogP contribution in [0, 0.1) is 6.92 Å². The topological polar surface area (TPSA) is 75.7 Å². The lowest BCUT2D eigenvalue weighted by molar-refractivity contribution is 0.0239. The van der Waals surface area contributed by atoms with E-state index in [0.717, 1.165) is 11.3 Å². The van der Waals surface area contributed by atoms with Crippen molar-refractivity contribution in [2.45, 2.75) is 19.1 Å². The average Bonchev–Trinajstić information content (AvgIpc) is 2.26. The maximum absolute atomic E-state index is 9.76. The molecule has 0 radical (unpaired) electrons.